The van der Waals surface area contributed by atoms with Crippen LogP contribution < -0.4 is 5.43 Å². The van der Waals surface area contributed by atoms with Crippen molar-refractivity contribution in [2.24, 2.45) is 10.1 Å². The van der Waals surface area contributed by atoms with E-state index in [0.29, 0.717) is 0 Å². The third kappa shape index (κ3) is 10.0. The summed E-state index contributed by atoms with van der Waals surface area (Å²) in [6, 6.07) is 0. The Morgan fingerprint density at radius 1 is 1.45 bits per heavy atom. The Balaban J connectivity index is 3.52. The summed E-state index contributed by atoms with van der Waals surface area (Å²) in [5.74, 6) is 0. The fraction of sp³-hybridized carbons (Fsp3) is 0. The van der Waals surface area contributed by atoms with Crippen LogP contribution in [0.4, 0.5) is 0 Å². The van der Waals surface area contributed by atoms with Crippen molar-refractivity contribution in [2.75, 3.05) is 0 Å². The van der Waals surface area contributed by atoms with Crippen molar-refractivity contribution in [1.29, 1.82) is 5.41 Å². The number of halogens is 2. The highest BCUT2D eigenvalue weighted by molar-refractivity contribution is 14.1. The number of hydrogen-bond donors (Lipinski definition) is 2. The molecule has 0 heterocycles. The van der Waals surface area contributed by atoms with E-state index in [9.17, 15) is 0 Å². The molecule has 0 saturated carbocycles. The van der Waals surface area contributed by atoms with E-state index in [2.05, 4.69) is 38.1 Å². The highest BCUT2D eigenvalue weighted by Gasteiger charge is 1.74. The average Bonchev–Trinajstić information content (AvgIpc) is 1.96. The molecule has 2 N–H and O–H groups in total. The lowest BCUT2D eigenvalue weighted by Crippen LogP contribution is -1.93. The molecular formula is C5H6I2N4. The van der Waals surface area contributed by atoms with E-state index in [0.717, 1.165) is 0 Å². The minimum absolute atomic E-state index is 0.235. The Hall–Kier alpha value is 0.01000. The van der Waals surface area contributed by atoms with Crippen molar-refractivity contribution >= 4 is 61.5 Å². The number of rotatable bonds is 3. The third-order valence-corrected chi connectivity index (χ3v) is 1.18. The topological polar surface area (TPSA) is 60.6 Å². The first-order valence-electron chi connectivity index (χ1n) is 2.58. The summed E-state index contributed by atoms with van der Waals surface area (Å²) in [6.45, 7) is 0. The van der Waals surface area contributed by atoms with E-state index in [1.165, 1.54) is 12.4 Å². The van der Waals surface area contributed by atoms with Gasteiger partial charge in [0.25, 0.3) is 0 Å². The van der Waals surface area contributed by atoms with Gasteiger partial charge in [0.1, 0.15) is 0 Å². The number of hydrogen-bond acceptors (Lipinski definition) is 3. The summed E-state index contributed by atoms with van der Waals surface area (Å²) in [5, 5.41) is 10.6. The lowest BCUT2D eigenvalue weighted by atomic mass is 10.8. The van der Waals surface area contributed by atoms with Gasteiger partial charge in [-0.1, -0.05) is 22.6 Å². The highest BCUT2D eigenvalue weighted by Crippen LogP contribution is 1.84. The smallest absolute Gasteiger partial charge is 0.183 e. The summed E-state index contributed by atoms with van der Waals surface area (Å²) in [6.07, 6.45) is 4.60. The van der Waals surface area contributed by atoms with E-state index >= 15 is 0 Å². The van der Waals surface area contributed by atoms with Gasteiger partial charge in [0.2, 0.25) is 0 Å². The lowest BCUT2D eigenvalue weighted by molar-refractivity contribution is 0.982. The van der Waals surface area contributed by atoms with Crippen LogP contribution in [0.3, 0.4) is 0 Å². The van der Waals surface area contributed by atoms with Gasteiger partial charge < -0.3 is 0 Å². The predicted octanol–water partition coefficient (Wildman–Crippen LogP) is 1.91. The fourth-order valence-corrected chi connectivity index (χ4v) is 0.568. The molecule has 0 aliphatic heterocycles. The van der Waals surface area contributed by atoms with Crippen LogP contribution in [0.2, 0.25) is 0 Å². The summed E-state index contributed by atoms with van der Waals surface area (Å²) >= 11 is 3.87. The van der Waals surface area contributed by atoms with Gasteiger partial charge >= 0.3 is 0 Å². The van der Waals surface area contributed by atoms with Gasteiger partial charge in [-0.3, -0.25) is 10.8 Å². The van der Waals surface area contributed by atoms with Crippen LogP contribution >= 0.6 is 45.2 Å². The maximum absolute atomic E-state index is 6.90. The normalized spacial score (nSPS) is 11.8. The first-order valence-corrected chi connectivity index (χ1v) is 4.90. The molecule has 60 valence electrons. The molecule has 0 radical (unpaired) electrons. The molecule has 0 aromatic rings. The second-order valence-corrected chi connectivity index (χ2v) is 3.01. The Labute approximate surface area is 92.0 Å². The molecule has 0 saturated heterocycles. The standard InChI is InChI=1S/C5H6I2N4/c6-1-2-10-11-4-3-9-5(7)8/h1-4,8,10H/b2-1-,8-5?,9-3?,11-4-. The summed E-state index contributed by atoms with van der Waals surface area (Å²) in [4.78, 5) is 3.65. The number of nitrogens with zero attached hydrogens (tertiary/aromatic N) is 2. The molecule has 0 aromatic carbocycles. The largest absolute Gasteiger partial charge is 0.285 e. The first-order chi connectivity index (χ1) is 5.27. The fourth-order valence-electron chi connectivity index (χ4n) is 0.246. The van der Waals surface area contributed by atoms with Gasteiger partial charge in [-0.15, -0.1) is 0 Å². The van der Waals surface area contributed by atoms with E-state index in [1.54, 1.807) is 32.9 Å². The van der Waals surface area contributed by atoms with Crippen LogP contribution in [0.25, 0.3) is 0 Å². The third-order valence-electron chi connectivity index (χ3n) is 0.541. The van der Waals surface area contributed by atoms with Crippen LogP contribution in [0.1, 0.15) is 0 Å². The molecule has 0 rings (SSSR count). The summed E-state index contributed by atoms with van der Waals surface area (Å²) < 4.78 is 2.03. The van der Waals surface area contributed by atoms with Crippen molar-refractivity contribution < 1.29 is 0 Å². The van der Waals surface area contributed by atoms with Crippen molar-refractivity contribution in [3.63, 3.8) is 0 Å². The van der Waals surface area contributed by atoms with Gasteiger partial charge in [0.05, 0.1) is 6.21 Å². The van der Waals surface area contributed by atoms with Gasteiger partial charge in [-0.05, 0) is 4.08 Å². The Morgan fingerprint density at radius 2 is 2.18 bits per heavy atom. The zero-order valence-electron chi connectivity index (χ0n) is 5.46. The molecule has 0 aliphatic rings. The molecule has 0 bridgehead atoms. The van der Waals surface area contributed by atoms with E-state index in [-0.39, 0.29) is 3.84 Å². The molecule has 0 unspecified atom stereocenters. The Bertz CT molecular complexity index is 197. The zero-order chi connectivity index (χ0) is 8.53. The molecular weight excluding hydrogens is 370 g/mol. The van der Waals surface area contributed by atoms with Crippen molar-refractivity contribution in [3.8, 4) is 0 Å². The maximum Gasteiger partial charge on any atom is 0.183 e. The molecule has 0 amide bonds. The van der Waals surface area contributed by atoms with Crippen molar-refractivity contribution in [1.82, 2.24) is 5.43 Å². The highest BCUT2D eigenvalue weighted by atomic mass is 127. The monoisotopic (exact) mass is 376 g/mol. The van der Waals surface area contributed by atoms with E-state index in [1.807, 2.05) is 0 Å². The van der Waals surface area contributed by atoms with Gasteiger partial charge in [-0.25, -0.2) is 4.99 Å². The van der Waals surface area contributed by atoms with Crippen LogP contribution in [0.15, 0.2) is 20.4 Å². The summed E-state index contributed by atoms with van der Waals surface area (Å²) in [7, 11) is 0. The quantitative estimate of drug-likeness (QED) is 0.256. The SMILES string of the molecule is N=C(I)N=C/C=N\N/C=C\I. The Kier molecular flexibility index (Phi) is 8.12. The minimum atomic E-state index is 0.235. The molecule has 0 aliphatic carbocycles. The maximum atomic E-state index is 6.90. The summed E-state index contributed by atoms with van der Waals surface area (Å²) in [5.41, 5.74) is 2.63. The number of amidine groups is 1. The molecule has 11 heavy (non-hydrogen) atoms. The number of aliphatic imine (C=N–C) groups is 1. The molecule has 0 atom stereocenters. The molecule has 0 spiro atoms. The van der Waals surface area contributed by atoms with Crippen LogP contribution in [0, 0.1) is 5.41 Å². The minimum Gasteiger partial charge on any atom is -0.285 e. The predicted molar refractivity (Wildman–Crippen MR) is 65.0 cm³/mol. The first kappa shape index (κ1) is 11.0. The van der Waals surface area contributed by atoms with Crippen molar-refractivity contribution in [3.05, 3.63) is 10.3 Å². The van der Waals surface area contributed by atoms with E-state index in [4.69, 9.17) is 5.41 Å². The lowest BCUT2D eigenvalue weighted by Gasteiger charge is -1.83. The average molecular weight is 376 g/mol. The van der Waals surface area contributed by atoms with Crippen LogP contribution in [0.5, 0.6) is 0 Å². The van der Waals surface area contributed by atoms with Gasteiger partial charge in [0.15, 0.2) is 3.84 Å². The molecule has 0 aromatic heterocycles. The zero-order valence-corrected chi connectivity index (χ0v) is 9.77. The van der Waals surface area contributed by atoms with Crippen molar-refractivity contribution in [2.45, 2.75) is 0 Å². The molecule has 0 fully saturated rings. The van der Waals surface area contributed by atoms with Crippen LogP contribution in [-0.2, 0) is 0 Å². The molecule has 4 nitrogen and oxygen atoms in total. The Morgan fingerprint density at radius 3 is 2.73 bits per heavy atom. The van der Waals surface area contributed by atoms with Gasteiger partial charge in [-0.2, -0.15) is 5.10 Å². The second-order valence-electron chi connectivity index (χ2n) is 1.27. The van der Waals surface area contributed by atoms with E-state index < -0.39 is 0 Å². The van der Waals surface area contributed by atoms with Gasteiger partial charge in [0, 0.05) is 35.0 Å². The number of hydrazone groups is 1. The molecule has 6 heteroatoms. The number of nitrogens with one attached hydrogen (secondary N) is 2. The second kappa shape index (κ2) is 8.11. The van der Waals surface area contributed by atoms with Crippen LogP contribution in [-0.4, -0.2) is 16.3 Å².